The first-order chi connectivity index (χ1) is 21.8. The molecule has 0 amide bonds. The molecule has 0 saturated carbocycles. The van der Waals surface area contributed by atoms with Crippen molar-refractivity contribution in [2.24, 2.45) is 0 Å². The molecule has 44 heavy (non-hydrogen) atoms. The van der Waals surface area contributed by atoms with Crippen LogP contribution in [0.1, 0.15) is 0 Å². The molecule has 0 bridgehead atoms. The lowest BCUT2D eigenvalue weighted by molar-refractivity contribution is 0.669. The van der Waals surface area contributed by atoms with Crippen LogP contribution in [0.5, 0.6) is 0 Å². The number of nitrogens with zero attached hydrogens (tertiary/aromatic N) is 4. The first-order valence-corrected chi connectivity index (χ1v) is 14.6. The van der Waals surface area contributed by atoms with Gasteiger partial charge >= 0.3 is 0 Å². The summed E-state index contributed by atoms with van der Waals surface area (Å²) in [6, 6.07) is 49.7. The Labute approximate surface area is 252 Å². The van der Waals surface area contributed by atoms with E-state index in [2.05, 4.69) is 83.4 Å². The highest BCUT2D eigenvalue weighted by Gasteiger charge is 2.21. The zero-order chi connectivity index (χ0) is 29.0. The van der Waals surface area contributed by atoms with Gasteiger partial charge in [-0.3, -0.25) is 4.57 Å². The molecule has 0 aliphatic heterocycles. The number of fused-ring (bicyclic) bond motifs is 6. The van der Waals surface area contributed by atoms with Crippen LogP contribution in [-0.4, -0.2) is 19.5 Å². The minimum Gasteiger partial charge on any atom is -0.455 e. The predicted molar refractivity (Wildman–Crippen MR) is 178 cm³/mol. The Hall–Kier alpha value is -6.07. The maximum atomic E-state index is 6.42. The van der Waals surface area contributed by atoms with E-state index in [9.17, 15) is 0 Å². The molecular weight excluding hydrogens is 540 g/mol. The van der Waals surface area contributed by atoms with Crippen LogP contribution in [-0.2, 0) is 0 Å². The van der Waals surface area contributed by atoms with Crippen LogP contribution in [0.25, 0.3) is 83.6 Å². The van der Waals surface area contributed by atoms with Gasteiger partial charge in [-0.15, -0.1) is 0 Å². The fourth-order valence-electron chi connectivity index (χ4n) is 6.30. The lowest BCUT2D eigenvalue weighted by Crippen LogP contribution is -2.07. The average molecular weight is 565 g/mol. The molecule has 9 aromatic rings. The predicted octanol–water partition coefficient (Wildman–Crippen LogP) is 9.87. The fourth-order valence-corrected chi connectivity index (χ4v) is 6.30. The van der Waals surface area contributed by atoms with Gasteiger partial charge in [0, 0.05) is 32.7 Å². The van der Waals surface area contributed by atoms with Crippen molar-refractivity contribution < 1.29 is 4.42 Å². The maximum absolute atomic E-state index is 6.42. The normalized spacial score (nSPS) is 11.6. The Morgan fingerprint density at radius 2 is 1.05 bits per heavy atom. The molecule has 3 aromatic heterocycles. The first-order valence-electron chi connectivity index (χ1n) is 14.6. The highest BCUT2D eigenvalue weighted by molar-refractivity contribution is 6.13. The van der Waals surface area contributed by atoms with Gasteiger partial charge in [-0.2, -0.15) is 9.97 Å². The van der Waals surface area contributed by atoms with E-state index >= 15 is 0 Å². The molecule has 206 valence electrons. The van der Waals surface area contributed by atoms with Crippen LogP contribution < -0.4 is 0 Å². The minimum atomic E-state index is 0.552. The molecule has 6 aromatic carbocycles. The third kappa shape index (κ3) is 3.76. The van der Waals surface area contributed by atoms with Crippen molar-refractivity contribution >= 4 is 43.7 Å². The summed E-state index contributed by atoms with van der Waals surface area (Å²) in [6.07, 6.45) is 0. The molecule has 9 rings (SSSR count). The van der Waals surface area contributed by atoms with Crippen molar-refractivity contribution in [3.05, 3.63) is 146 Å². The Balaban J connectivity index is 1.40. The van der Waals surface area contributed by atoms with Gasteiger partial charge in [0.25, 0.3) is 0 Å². The molecule has 0 aliphatic carbocycles. The van der Waals surface area contributed by atoms with Crippen molar-refractivity contribution in [2.45, 2.75) is 0 Å². The molecule has 5 heteroatoms. The molecule has 0 N–H and O–H groups in total. The Morgan fingerprint density at radius 1 is 0.432 bits per heavy atom. The quantitative estimate of drug-likeness (QED) is 0.213. The largest absolute Gasteiger partial charge is 0.455 e. The Kier molecular flexibility index (Phi) is 5.43. The second-order valence-electron chi connectivity index (χ2n) is 10.8. The van der Waals surface area contributed by atoms with E-state index in [-0.39, 0.29) is 0 Å². The monoisotopic (exact) mass is 564 g/mol. The highest BCUT2D eigenvalue weighted by Crippen LogP contribution is 2.39. The van der Waals surface area contributed by atoms with Crippen molar-refractivity contribution in [3.63, 3.8) is 0 Å². The van der Waals surface area contributed by atoms with Gasteiger partial charge in [0.15, 0.2) is 11.6 Å². The van der Waals surface area contributed by atoms with E-state index in [0.717, 1.165) is 66.0 Å². The van der Waals surface area contributed by atoms with E-state index in [1.54, 1.807) is 0 Å². The van der Waals surface area contributed by atoms with Crippen LogP contribution in [0.3, 0.4) is 0 Å². The number of rotatable bonds is 4. The molecular formula is C39H24N4O. The zero-order valence-electron chi connectivity index (χ0n) is 23.6. The Bertz CT molecular complexity index is 2490. The van der Waals surface area contributed by atoms with Crippen LogP contribution in [0.2, 0.25) is 0 Å². The summed E-state index contributed by atoms with van der Waals surface area (Å²) in [5, 5.41) is 4.38. The van der Waals surface area contributed by atoms with Gasteiger partial charge in [-0.25, -0.2) is 4.98 Å². The molecule has 0 radical (unpaired) electrons. The van der Waals surface area contributed by atoms with Crippen LogP contribution in [0.4, 0.5) is 0 Å². The number of aromatic nitrogens is 4. The fraction of sp³-hybridized carbons (Fsp3) is 0. The van der Waals surface area contributed by atoms with Crippen LogP contribution >= 0.6 is 0 Å². The number of benzene rings is 6. The third-order valence-electron chi connectivity index (χ3n) is 8.28. The molecule has 0 saturated heterocycles. The summed E-state index contributed by atoms with van der Waals surface area (Å²) in [5.41, 5.74) is 7.66. The summed E-state index contributed by atoms with van der Waals surface area (Å²) in [5.74, 6) is 1.71. The van der Waals surface area contributed by atoms with E-state index in [1.165, 1.54) is 0 Å². The highest BCUT2D eigenvalue weighted by atomic mass is 16.3. The van der Waals surface area contributed by atoms with Gasteiger partial charge in [0.2, 0.25) is 5.95 Å². The smallest absolute Gasteiger partial charge is 0.238 e. The van der Waals surface area contributed by atoms with Crippen molar-refractivity contribution in [1.82, 2.24) is 19.5 Å². The van der Waals surface area contributed by atoms with E-state index in [1.807, 2.05) is 66.7 Å². The standard InChI is InChI=1S/C39H24N4O/c1-3-13-25(14-4-1)27-19-11-20-30-28-17-7-9-23-33(28)43(35(27)30)39-41-37(26-15-5-2-6-16-26)40-38(42-39)32-22-12-21-31-29-18-8-10-24-34(29)44-36(31)32/h1-24H. The molecule has 0 atom stereocenters. The molecule has 0 spiro atoms. The van der Waals surface area contributed by atoms with Crippen LogP contribution in [0, 0.1) is 0 Å². The van der Waals surface area contributed by atoms with Gasteiger partial charge in [0.05, 0.1) is 16.6 Å². The van der Waals surface area contributed by atoms with Crippen LogP contribution in [0.15, 0.2) is 150 Å². The van der Waals surface area contributed by atoms with Gasteiger partial charge in [0.1, 0.15) is 11.2 Å². The zero-order valence-corrected chi connectivity index (χ0v) is 23.6. The van der Waals surface area contributed by atoms with E-state index < -0.39 is 0 Å². The second kappa shape index (κ2) is 9.75. The SMILES string of the molecule is c1ccc(-c2nc(-c3cccc4c3oc3ccccc34)nc(-n3c4ccccc4c4cccc(-c5ccccc5)c43)n2)cc1. The molecule has 0 unspecified atom stereocenters. The van der Waals surface area contributed by atoms with Gasteiger partial charge in [-0.05, 0) is 23.8 Å². The maximum Gasteiger partial charge on any atom is 0.238 e. The van der Waals surface area contributed by atoms with E-state index in [4.69, 9.17) is 19.4 Å². The average Bonchev–Trinajstić information content (AvgIpc) is 3.65. The molecule has 0 fully saturated rings. The minimum absolute atomic E-state index is 0.552. The van der Waals surface area contributed by atoms with Gasteiger partial charge in [-0.1, -0.05) is 127 Å². The number of hydrogen-bond donors (Lipinski definition) is 0. The summed E-state index contributed by atoms with van der Waals surface area (Å²) in [4.78, 5) is 15.4. The van der Waals surface area contributed by atoms with Crippen molar-refractivity contribution in [2.75, 3.05) is 0 Å². The van der Waals surface area contributed by atoms with Crippen molar-refractivity contribution in [3.8, 4) is 39.9 Å². The lowest BCUT2D eigenvalue weighted by Gasteiger charge is -2.13. The summed E-state index contributed by atoms with van der Waals surface area (Å²) >= 11 is 0. The molecule has 5 nitrogen and oxygen atoms in total. The molecule has 0 aliphatic rings. The Morgan fingerprint density at radius 3 is 1.86 bits per heavy atom. The van der Waals surface area contributed by atoms with Gasteiger partial charge < -0.3 is 4.42 Å². The summed E-state index contributed by atoms with van der Waals surface area (Å²) in [6.45, 7) is 0. The summed E-state index contributed by atoms with van der Waals surface area (Å²) in [7, 11) is 0. The summed E-state index contributed by atoms with van der Waals surface area (Å²) < 4.78 is 8.61. The van der Waals surface area contributed by atoms with Crippen molar-refractivity contribution in [1.29, 1.82) is 0 Å². The topological polar surface area (TPSA) is 56.7 Å². The third-order valence-corrected chi connectivity index (χ3v) is 8.28. The number of furan rings is 1. The second-order valence-corrected chi connectivity index (χ2v) is 10.8. The number of hydrogen-bond acceptors (Lipinski definition) is 4. The first kappa shape index (κ1) is 24.5. The molecule has 3 heterocycles. The number of para-hydroxylation sites is 4. The van der Waals surface area contributed by atoms with E-state index in [0.29, 0.717) is 17.6 Å². The lowest BCUT2D eigenvalue weighted by atomic mass is 10.0.